The van der Waals surface area contributed by atoms with Crippen LogP contribution in [-0.2, 0) is 0 Å². The molecule has 328 valence electrons. The predicted octanol–water partition coefficient (Wildman–Crippen LogP) is 7.81. The Morgan fingerprint density at radius 2 is 0.607 bits per heavy atom. The summed E-state index contributed by atoms with van der Waals surface area (Å²) in [5.41, 5.74) is 0.351. The van der Waals surface area contributed by atoms with Gasteiger partial charge < -0.3 is 0 Å². The molecular weight excluding hydrogens is 689 g/mol. The minimum absolute atomic E-state index is 0.351. The van der Waals surface area contributed by atoms with Crippen molar-refractivity contribution < 1.29 is 0 Å². The molecule has 9 rings (SSSR count). The minimum Gasteiger partial charge on any atom is -0.298 e. The summed E-state index contributed by atoms with van der Waals surface area (Å²) in [6, 6.07) is 11.9. The van der Waals surface area contributed by atoms with E-state index in [0.29, 0.717) is 5.54 Å². The second kappa shape index (κ2) is 19.6. The van der Waals surface area contributed by atoms with Gasteiger partial charge in [0.2, 0.25) is 0 Å². The zero-order valence-electron chi connectivity index (χ0n) is 40.3. The Bertz CT molecular complexity index is 1100. The molecule has 9 aliphatic rings. The summed E-state index contributed by atoms with van der Waals surface area (Å²) < 4.78 is 0. The van der Waals surface area contributed by atoms with Gasteiger partial charge in [-0.1, -0.05) is 0 Å². The Labute approximate surface area is 349 Å². The van der Waals surface area contributed by atoms with E-state index in [1.807, 2.05) is 0 Å². The Balaban J connectivity index is 0.000000143. The van der Waals surface area contributed by atoms with Crippen LogP contribution in [0.4, 0.5) is 0 Å². The maximum Gasteiger partial charge on any atom is 0.0242 e. The zero-order chi connectivity index (χ0) is 41.4. The molecular formula is C48H96N8. The molecule has 0 aliphatic carbocycles. The summed E-state index contributed by atoms with van der Waals surface area (Å²) in [5, 5.41) is 0. The number of hydrogen-bond donors (Lipinski definition) is 0. The maximum atomic E-state index is 2.75. The van der Waals surface area contributed by atoms with Crippen LogP contribution in [0, 0.1) is 0 Å². The maximum absolute atomic E-state index is 2.75. The Morgan fingerprint density at radius 1 is 0.321 bits per heavy atom. The first kappa shape index (κ1) is 46.7. The van der Waals surface area contributed by atoms with Crippen molar-refractivity contribution in [2.75, 3.05) is 52.4 Å². The van der Waals surface area contributed by atoms with Crippen molar-refractivity contribution in [2.45, 2.75) is 259 Å². The number of hydrogen-bond acceptors (Lipinski definition) is 8. The number of piperazine rings is 4. The molecule has 8 unspecified atom stereocenters. The molecule has 56 heavy (non-hydrogen) atoms. The fraction of sp³-hybridized carbons (Fsp3) is 1.00. The molecule has 0 aromatic carbocycles. The van der Waals surface area contributed by atoms with Crippen LogP contribution in [0.3, 0.4) is 0 Å². The molecule has 0 amide bonds. The van der Waals surface area contributed by atoms with E-state index in [1.54, 1.807) is 0 Å². The summed E-state index contributed by atoms with van der Waals surface area (Å²) in [6.07, 6.45) is 9.93. The Hall–Kier alpha value is -0.320. The lowest BCUT2D eigenvalue weighted by Crippen LogP contribution is -2.65. The van der Waals surface area contributed by atoms with Crippen LogP contribution >= 0.6 is 0 Å². The highest BCUT2D eigenvalue weighted by Gasteiger charge is 2.46. The smallest absolute Gasteiger partial charge is 0.0242 e. The van der Waals surface area contributed by atoms with Gasteiger partial charge in [-0.15, -0.1) is 0 Å². The first-order valence-corrected chi connectivity index (χ1v) is 24.2. The van der Waals surface area contributed by atoms with Crippen molar-refractivity contribution in [1.29, 1.82) is 0 Å². The van der Waals surface area contributed by atoms with Gasteiger partial charge in [-0.3, -0.25) is 39.2 Å². The van der Waals surface area contributed by atoms with Crippen LogP contribution in [0.25, 0.3) is 0 Å². The second-order valence-electron chi connectivity index (χ2n) is 22.6. The van der Waals surface area contributed by atoms with E-state index in [-0.39, 0.29) is 0 Å². The first-order chi connectivity index (χ1) is 26.2. The van der Waals surface area contributed by atoms with Gasteiger partial charge in [-0.2, -0.15) is 0 Å². The van der Waals surface area contributed by atoms with Gasteiger partial charge in [0.1, 0.15) is 0 Å². The molecule has 9 aliphatic heterocycles. The number of fused-ring (bicyclic) bond motifs is 9. The van der Waals surface area contributed by atoms with E-state index >= 15 is 0 Å². The monoisotopic (exact) mass is 785 g/mol. The highest BCUT2D eigenvalue weighted by atomic mass is 15.4. The zero-order valence-corrected chi connectivity index (χ0v) is 40.3. The van der Waals surface area contributed by atoms with E-state index < -0.39 is 0 Å². The lowest BCUT2D eigenvalue weighted by Gasteiger charge is -2.54. The average Bonchev–Trinajstić information content (AvgIpc) is 3.88. The average molecular weight is 785 g/mol. The summed E-state index contributed by atoms with van der Waals surface area (Å²) in [5.74, 6) is 0. The molecule has 8 heteroatoms. The molecule has 8 nitrogen and oxygen atoms in total. The van der Waals surface area contributed by atoms with Gasteiger partial charge in [-0.25, -0.2) is 0 Å². The number of likely N-dealkylation sites (tertiary alicyclic amines) is 4. The molecule has 8 bridgehead atoms. The van der Waals surface area contributed by atoms with Crippen molar-refractivity contribution in [2.24, 2.45) is 0 Å². The molecule has 0 aromatic heterocycles. The van der Waals surface area contributed by atoms with Gasteiger partial charge in [0, 0.05) is 149 Å². The van der Waals surface area contributed by atoms with Gasteiger partial charge in [0.25, 0.3) is 0 Å². The normalized spacial score (nSPS) is 34.7. The fourth-order valence-corrected chi connectivity index (χ4v) is 12.7. The first-order valence-electron chi connectivity index (χ1n) is 24.2. The highest BCUT2D eigenvalue weighted by Crippen LogP contribution is 2.36. The minimum atomic E-state index is 0.351. The van der Waals surface area contributed by atoms with Crippen molar-refractivity contribution >= 4 is 0 Å². The molecule has 0 saturated carbocycles. The van der Waals surface area contributed by atoms with Crippen LogP contribution < -0.4 is 0 Å². The number of nitrogens with zero attached hydrogens (tertiary/aromatic N) is 8. The van der Waals surface area contributed by atoms with E-state index in [4.69, 9.17) is 0 Å². The predicted molar refractivity (Wildman–Crippen MR) is 242 cm³/mol. The number of rotatable bonds is 7. The van der Waals surface area contributed by atoms with Crippen molar-refractivity contribution in [3.05, 3.63) is 0 Å². The second-order valence-corrected chi connectivity index (χ2v) is 22.6. The topological polar surface area (TPSA) is 25.9 Å². The van der Waals surface area contributed by atoms with Gasteiger partial charge in [0.15, 0.2) is 0 Å². The Morgan fingerprint density at radius 3 is 0.857 bits per heavy atom. The highest BCUT2D eigenvalue weighted by molar-refractivity contribution is 5.02. The van der Waals surface area contributed by atoms with Crippen LogP contribution in [0.15, 0.2) is 0 Å². The lowest BCUT2D eigenvalue weighted by atomic mass is 9.89. The molecule has 9 saturated heterocycles. The van der Waals surface area contributed by atoms with Gasteiger partial charge in [0.05, 0.1) is 0 Å². The van der Waals surface area contributed by atoms with Crippen LogP contribution in [0.5, 0.6) is 0 Å². The lowest BCUT2D eigenvalue weighted by molar-refractivity contribution is -0.0495. The van der Waals surface area contributed by atoms with Crippen molar-refractivity contribution in [1.82, 2.24) is 39.2 Å². The summed E-state index contributed by atoms with van der Waals surface area (Å²) >= 11 is 0. The van der Waals surface area contributed by atoms with Gasteiger partial charge in [-0.05, 0) is 163 Å². The molecule has 0 spiro atoms. The fourth-order valence-electron chi connectivity index (χ4n) is 12.7. The third-order valence-corrected chi connectivity index (χ3v) is 15.6. The van der Waals surface area contributed by atoms with Gasteiger partial charge >= 0.3 is 0 Å². The molecule has 0 radical (unpaired) electrons. The van der Waals surface area contributed by atoms with Crippen LogP contribution in [0.2, 0.25) is 0 Å². The van der Waals surface area contributed by atoms with Crippen molar-refractivity contribution in [3.8, 4) is 0 Å². The van der Waals surface area contributed by atoms with E-state index in [0.717, 1.165) is 90.6 Å². The molecule has 8 atom stereocenters. The summed E-state index contributed by atoms with van der Waals surface area (Å²) in [4.78, 5) is 21.6. The van der Waals surface area contributed by atoms with E-state index in [2.05, 4.69) is 157 Å². The van der Waals surface area contributed by atoms with Crippen LogP contribution in [0.1, 0.15) is 163 Å². The number of piperidine rings is 2. The standard InChI is InChI=1S/C13H26N2.2C12H24N2.C11H22N2/c1-10(2)15-11-6-7-12(15)9-14(8-11)13(3,4)5;1-9(2)13-7-12-6-5-11(13)8-14(12)10(3)4;1-9(2)13-7-11-5-6-12(8-13)14(11)10(3)4;1-8(2)12-6-11-5-10(12)7-13(11)9(3)4/h10-12H,6-9H2,1-5H3;2*9-12H,5-8H2,1-4H3;8-11H,5-7H2,1-4H3. The van der Waals surface area contributed by atoms with E-state index in [1.165, 1.54) is 97.3 Å². The third kappa shape index (κ3) is 10.9. The molecule has 9 heterocycles. The largest absolute Gasteiger partial charge is 0.298 e. The molecule has 9 fully saturated rings. The SMILES string of the molecule is CC(C)N1C2CCC1CN(C(C)(C)C)C2.CC(C)N1CC2CC1CN2C(C)C.CC(C)N1CC2CCC(C1)N2C(C)C.CC(C)N1CC2CCC1CN2C(C)C. The van der Waals surface area contributed by atoms with Crippen LogP contribution in [-0.4, -0.2) is 188 Å². The molecule has 0 N–H and O–H groups in total. The Kier molecular flexibility index (Phi) is 16.4. The quantitative estimate of drug-likeness (QED) is 0.258. The van der Waals surface area contributed by atoms with Crippen molar-refractivity contribution in [3.63, 3.8) is 0 Å². The van der Waals surface area contributed by atoms with E-state index in [9.17, 15) is 0 Å². The molecule has 0 aromatic rings. The summed E-state index contributed by atoms with van der Waals surface area (Å²) in [7, 11) is 0. The third-order valence-electron chi connectivity index (χ3n) is 15.6. The summed E-state index contributed by atoms with van der Waals surface area (Å²) in [6.45, 7) is 50.0.